The number of nitrogens with zero attached hydrogens (tertiary/aromatic N) is 3. The molecule has 2 aromatic carbocycles. The van der Waals surface area contributed by atoms with E-state index in [1.165, 1.54) is 11.8 Å². The summed E-state index contributed by atoms with van der Waals surface area (Å²) in [6, 6.07) is 14.8. The fourth-order valence-electron chi connectivity index (χ4n) is 3.23. The molecule has 8 heteroatoms. The fourth-order valence-corrected chi connectivity index (χ4v) is 4.39. The molecule has 0 amide bonds. The van der Waals surface area contributed by atoms with Crippen molar-refractivity contribution in [2.45, 2.75) is 30.8 Å². The molecule has 0 radical (unpaired) electrons. The molecule has 0 aliphatic rings. The van der Waals surface area contributed by atoms with Crippen molar-refractivity contribution in [2.24, 2.45) is 0 Å². The number of hydrogen-bond acceptors (Lipinski definition) is 6. The van der Waals surface area contributed by atoms with Gasteiger partial charge >= 0.3 is 0 Å². The number of oxazole rings is 1. The Morgan fingerprint density at radius 1 is 1.13 bits per heavy atom. The number of methoxy groups -OCH3 is 1. The maximum atomic E-state index is 13.1. The number of hydrogen-bond donors (Lipinski definition) is 0. The number of benzene rings is 2. The molecule has 0 aliphatic carbocycles. The molecule has 0 N–H and O–H groups in total. The first kappa shape index (κ1) is 21.6. The Morgan fingerprint density at radius 2 is 1.90 bits per heavy atom. The first-order valence-electron chi connectivity index (χ1n) is 9.90. The second kappa shape index (κ2) is 9.68. The van der Waals surface area contributed by atoms with Crippen molar-refractivity contribution in [1.29, 1.82) is 0 Å². The first-order valence-corrected chi connectivity index (χ1v) is 11.3. The lowest BCUT2D eigenvalue weighted by Gasteiger charge is -2.12. The molecule has 0 saturated carbocycles. The van der Waals surface area contributed by atoms with Crippen molar-refractivity contribution < 1.29 is 9.15 Å². The van der Waals surface area contributed by atoms with Crippen LogP contribution in [0.5, 0.6) is 0 Å². The zero-order valence-corrected chi connectivity index (χ0v) is 18.9. The van der Waals surface area contributed by atoms with Gasteiger partial charge in [-0.3, -0.25) is 9.36 Å². The molecule has 0 aliphatic heterocycles. The topological polar surface area (TPSA) is 70.2 Å². The molecule has 31 heavy (non-hydrogen) atoms. The van der Waals surface area contributed by atoms with Crippen LogP contribution < -0.4 is 5.56 Å². The molecule has 4 rings (SSSR count). The van der Waals surface area contributed by atoms with Gasteiger partial charge in [0.15, 0.2) is 5.16 Å². The van der Waals surface area contributed by atoms with Crippen LogP contribution in [-0.2, 0) is 17.0 Å². The van der Waals surface area contributed by atoms with Gasteiger partial charge < -0.3 is 9.15 Å². The van der Waals surface area contributed by atoms with Crippen LogP contribution in [0.15, 0.2) is 62.9 Å². The Labute approximate surface area is 189 Å². The molecular weight excluding hydrogens is 434 g/mol. The van der Waals surface area contributed by atoms with Crippen LogP contribution in [0.2, 0.25) is 5.02 Å². The Kier molecular flexibility index (Phi) is 6.75. The third-order valence-corrected chi connectivity index (χ3v) is 6.12. The summed E-state index contributed by atoms with van der Waals surface area (Å²) in [5, 5.41) is 1.94. The van der Waals surface area contributed by atoms with Crippen molar-refractivity contribution in [1.82, 2.24) is 14.5 Å². The van der Waals surface area contributed by atoms with E-state index in [1.807, 2.05) is 55.5 Å². The van der Waals surface area contributed by atoms with Crippen LogP contribution in [0.3, 0.4) is 0 Å². The molecule has 0 spiro atoms. The minimum atomic E-state index is -0.0390. The normalized spacial score (nSPS) is 11.3. The van der Waals surface area contributed by atoms with Crippen LogP contribution in [0, 0.1) is 6.92 Å². The summed E-state index contributed by atoms with van der Waals surface area (Å²) in [6.07, 6.45) is 0.730. The van der Waals surface area contributed by atoms with Gasteiger partial charge in [0.2, 0.25) is 5.89 Å². The summed E-state index contributed by atoms with van der Waals surface area (Å²) in [5.41, 5.74) is 2.34. The van der Waals surface area contributed by atoms with E-state index in [-0.39, 0.29) is 5.56 Å². The number of halogens is 1. The van der Waals surface area contributed by atoms with E-state index in [0.717, 1.165) is 23.4 Å². The lowest BCUT2D eigenvalue weighted by Crippen LogP contribution is -2.24. The molecule has 0 bridgehead atoms. The van der Waals surface area contributed by atoms with Crippen LogP contribution in [-0.4, -0.2) is 28.3 Å². The third kappa shape index (κ3) is 4.84. The minimum Gasteiger partial charge on any atom is -0.441 e. The predicted octanol–water partition coefficient (Wildman–Crippen LogP) is 5.34. The SMILES string of the molecule is COCCCn1c(SCc2nc(-c3ccc(Cl)cc3)oc2C)nc2ccccc2c1=O. The first-order chi connectivity index (χ1) is 15.1. The standard InChI is InChI=1S/C23H22ClN3O3S/c1-15-20(25-21(30-15)16-8-10-17(24)11-9-16)14-31-23-26-19-7-4-3-6-18(19)22(28)27(23)12-5-13-29-2/h3-4,6-11H,5,12-14H2,1-2H3. The summed E-state index contributed by atoms with van der Waals surface area (Å²) in [4.78, 5) is 22.5. The predicted molar refractivity (Wildman–Crippen MR) is 124 cm³/mol. The van der Waals surface area contributed by atoms with Crippen molar-refractivity contribution in [3.63, 3.8) is 0 Å². The quantitative estimate of drug-likeness (QED) is 0.203. The van der Waals surface area contributed by atoms with Gasteiger partial charge in [-0.05, 0) is 49.7 Å². The van der Waals surface area contributed by atoms with Gasteiger partial charge in [-0.15, -0.1) is 0 Å². The van der Waals surface area contributed by atoms with E-state index in [1.54, 1.807) is 11.7 Å². The lowest BCUT2D eigenvalue weighted by molar-refractivity contribution is 0.189. The van der Waals surface area contributed by atoms with Gasteiger partial charge in [-0.25, -0.2) is 9.97 Å². The molecule has 160 valence electrons. The summed E-state index contributed by atoms with van der Waals surface area (Å²) in [6.45, 7) is 3.01. The smallest absolute Gasteiger partial charge is 0.262 e. The maximum Gasteiger partial charge on any atom is 0.262 e. The lowest BCUT2D eigenvalue weighted by atomic mass is 10.2. The van der Waals surface area contributed by atoms with E-state index in [4.69, 9.17) is 25.7 Å². The minimum absolute atomic E-state index is 0.0390. The van der Waals surface area contributed by atoms with E-state index < -0.39 is 0 Å². The van der Waals surface area contributed by atoms with Gasteiger partial charge in [0, 0.05) is 36.6 Å². The Bertz CT molecular complexity index is 1250. The van der Waals surface area contributed by atoms with Crippen LogP contribution in [0.25, 0.3) is 22.4 Å². The van der Waals surface area contributed by atoms with Crippen molar-refractivity contribution in [2.75, 3.05) is 13.7 Å². The number of aromatic nitrogens is 3. The van der Waals surface area contributed by atoms with Gasteiger partial charge in [0.25, 0.3) is 5.56 Å². The molecule has 0 fully saturated rings. The summed E-state index contributed by atoms with van der Waals surface area (Å²) >= 11 is 7.45. The molecule has 4 aromatic rings. The van der Waals surface area contributed by atoms with Gasteiger partial charge in [0.1, 0.15) is 5.76 Å². The highest BCUT2D eigenvalue weighted by Crippen LogP contribution is 2.28. The second-order valence-corrected chi connectivity index (χ2v) is 8.41. The summed E-state index contributed by atoms with van der Waals surface area (Å²) in [5.74, 6) is 1.83. The Hall–Kier alpha value is -2.61. The number of thioether (sulfide) groups is 1. The average molecular weight is 456 g/mol. The van der Waals surface area contributed by atoms with E-state index >= 15 is 0 Å². The highest BCUT2D eigenvalue weighted by molar-refractivity contribution is 7.98. The highest BCUT2D eigenvalue weighted by atomic mass is 35.5. The van der Waals surface area contributed by atoms with E-state index in [2.05, 4.69) is 4.98 Å². The zero-order valence-electron chi connectivity index (χ0n) is 17.3. The molecule has 0 atom stereocenters. The molecule has 2 heterocycles. The Balaban J connectivity index is 1.62. The van der Waals surface area contributed by atoms with Crippen molar-refractivity contribution >= 4 is 34.3 Å². The molecule has 0 unspecified atom stereocenters. The molecule has 0 saturated heterocycles. The van der Waals surface area contributed by atoms with Crippen LogP contribution in [0.1, 0.15) is 17.9 Å². The van der Waals surface area contributed by atoms with Gasteiger partial charge in [-0.1, -0.05) is 35.5 Å². The summed E-state index contributed by atoms with van der Waals surface area (Å²) in [7, 11) is 1.66. The van der Waals surface area contributed by atoms with E-state index in [0.29, 0.717) is 45.9 Å². The number of aryl methyl sites for hydroxylation is 1. The monoisotopic (exact) mass is 455 g/mol. The van der Waals surface area contributed by atoms with Gasteiger partial charge in [0.05, 0.1) is 16.6 Å². The molecular formula is C23H22ClN3O3S. The number of para-hydroxylation sites is 1. The summed E-state index contributed by atoms with van der Waals surface area (Å²) < 4.78 is 12.7. The number of fused-ring (bicyclic) bond motifs is 1. The zero-order chi connectivity index (χ0) is 21.8. The fraction of sp³-hybridized carbons (Fsp3) is 0.261. The maximum absolute atomic E-state index is 13.1. The second-order valence-electron chi connectivity index (χ2n) is 7.03. The van der Waals surface area contributed by atoms with Crippen molar-refractivity contribution in [3.05, 3.63) is 75.4 Å². The molecule has 2 aromatic heterocycles. The third-order valence-electron chi connectivity index (χ3n) is 4.88. The van der Waals surface area contributed by atoms with Gasteiger partial charge in [-0.2, -0.15) is 0 Å². The van der Waals surface area contributed by atoms with Crippen molar-refractivity contribution in [3.8, 4) is 11.5 Å². The van der Waals surface area contributed by atoms with Crippen LogP contribution >= 0.6 is 23.4 Å². The van der Waals surface area contributed by atoms with E-state index in [9.17, 15) is 4.79 Å². The number of ether oxygens (including phenoxy) is 1. The Morgan fingerprint density at radius 3 is 2.68 bits per heavy atom. The molecule has 6 nitrogen and oxygen atoms in total. The average Bonchev–Trinajstić information content (AvgIpc) is 3.15. The number of rotatable bonds is 8. The highest BCUT2D eigenvalue weighted by Gasteiger charge is 2.15. The largest absolute Gasteiger partial charge is 0.441 e. The van der Waals surface area contributed by atoms with Crippen LogP contribution in [0.4, 0.5) is 0 Å².